The van der Waals surface area contributed by atoms with Crippen molar-refractivity contribution in [2.75, 3.05) is 11.1 Å². The van der Waals surface area contributed by atoms with Gasteiger partial charge in [0.2, 0.25) is 10.9 Å². The smallest absolute Gasteiger partial charge is 0.235 e. The molecule has 0 bridgehead atoms. The van der Waals surface area contributed by atoms with Crippen molar-refractivity contribution in [1.29, 1.82) is 0 Å². The van der Waals surface area contributed by atoms with Gasteiger partial charge in [0.25, 0.3) is 0 Å². The molecule has 0 aliphatic rings. The predicted octanol–water partition coefficient (Wildman–Crippen LogP) is 2.06. The van der Waals surface area contributed by atoms with Crippen LogP contribution in [0.3, 0.4) is 0 Å². The summed E-state index contributed by atoms with van der Waals surface area (Å²) in [6, 6.07) is 5.77. The van der Waals surface area contributed by atoms with Crippen LogP contribution in [0.2, 0.25) is 0 Å². The molecule has 0 aliphatic heterocycles. The van der Waals surface area contributed by atoms with E-state index >= 15 is 0 Å². The van der Waals surface area contributed by atoms with E-state index in [9.17, 15) is 9.18 Å². The number of amides is 1. The van der Waals surface area contributed by atoms with Crippen molar-refractivity contribution < 1.29 is 9.18 Å². The van der Waals surface area contributed by atoms with E-state index < -0.39 is 0 Å². The third kappa shape index (κ3) is 2.94. The molecule has 0 saturated heterocycles. The largest absolute Gasteiger partial charge is 0.325 e. The Labute approximate surface area is 121 Å². The highest BCUT2D eigenvalue weighted by Crippen LogP contribution is 2.23. The van der Waals surface area contributed by atoms with E-state index in [4.69, 9.17) is 0 Å². The number of hydrogen-bond acceptors (Lipinski definition) is 6. The highest BCUT2D eigenvalue weighted by molar-refractivity contribution is 8.01. The molecular formula is C11H8FN5OS2. The summed E-state index contributed by atoms with van der Waals surface area (Å²) in [6.45, 7) is 0. The number of halogens is 1. The van der Waals surface area contributed by atoms with Crippen LogP contribution in [0.5, 0.6) is 0 Å². The Balaban J connectivity index is 1.58. The highest BCUT2D eigenvalue weighted by Gasteiger charge is 2.09. The van der Waals surface area contributed by atoms with Gasteiger partial charge in [-0.3, -0.25) is 4.79 Å². The number of rotatable bonds is 4. The Morgan fingerprint density at radius 1 is 1.50 bits per heavy atom. The van der Waals surface area contributed by atoms with E-state index in [-0.39, 0.29) is 17.5 Å². The summed E-state index contributed by atoms with van der Waals surface area (Å²) in [5.41, 5.74) is 0.439. The topological polar surface area (TPSA) is 72.2 Å². The van der Waals surface area contributed by atoms with Gasteiger partial charge < -0.3 is 5.32 Å². The number of hydrogen-bond donors (Lipinski definition) is 1. The first-order valence-electron chi connectivity index (χ1n) is 5.56. The molecule has 6 nitrogen and oxygen atoms in total. The maximum Gasteiger partial charge on any atom is 0.235 e. The van der Waals surface area contributed by atoms with E-state index in [1.807, 2.05) is 0 Å². The van der Waals surface area contributed by atoms with Crippen LogP contribution in [-0.2, 0) is 4.79 Å². The quantitative estimate of drug-likeness (QED) is 0.747. The summed E-state index contributed by atoms with van der Waals surface area (Å²) >= 11 is 2.65. The average Bonchev–Trinajstić information content (AvgIpc) is 2.97. The SMILES string of the molecule is O=C(CSc1nn2cnnc2s1)Nc1cccc(F)c1. The Kier molecular flexibility index (Phi) is 3.61. The van der Waals surface area contributed by atoms with Gasteiger partial charge in [-0.2, -0.15) is 4.52 Å². The van der Waals surface area contributed by atoms with Crippen molar-refractivity contribution in [1.82, 2.24) is 19.8 Å². The Hall–Kier alpha value is -2.00. The fraction of sp³-hybridized carbons (Fsp3) is 0.0909. The lowest BCUT2D eigenvalue weighted by molar-refractivity contribution is -0.113. The zero-order chi connectivity index (χ0) is 13.9. The van der Waals surface area contributed by atoms with E-state index in [1.165, 1.54) is 41.6 Å². The Bertz CT molecular complexity index is 727. The standard InChI is InChI=1S/C11H8FN5OS2/c12-7-2-1-3-8(4-7)14-9(18)5-19-11-16-17-6-13-15-10(17)20-11/h1-4,6H,5H2,(H,14,18). The van der Waals surface area contributed by atoms with Gasteiger partial charge in [-0.1, -0.05) is 29.2 Å². The minimum Gasteiger partial charge on any atom is -0.325 e. The van der Waals surface area contributed by atoms with E-state index in [1.54, 1.807) is 16.6 Å². The zero-order valence-electron chi connectivity index (χ0n) is 9.99. The molecule has 0 radical (unpaired) electrons. The summed E-state index contributed by atoms with van der Waals surface area (Å²) in [7, 11) is 0. The van der Waals surface area contributed by atoms with Gasteiger partial charge in [0.1, 0.15) is 12.1 Å². The van der Waals surface area contributed by atoms with Gasteiger partial charge in [-0.25, -0.2) is 4.39 Å². The minimum absolute atomic E-state index is 0.195. The molecule has 0 fully saturated rings. The average molecular weight is 309 g/mol. The normalized spacial score (nSPS) is 10.8. The molecule has 2 aromatic heterocycles. The van der Waals surface area contributed by atoms with Crippen molar-refractivity contribution in [3.63, 3.8) is 0 Å². The Morgan fingerprint density at radius 3 is 3.20 bits per heavy atom. The van der Waals surface area contributed by atoms with Gasteiger partial charge in [0.15, 0.2) is 4.34 Å². The summed E-state index contributed by atoms with van der Waals surface area (Å²) in [6.07, 6.45) is 1.50. The van der Waals surface area contributed by atoms with Crippen LogP contribution in [0.25, 0.3) is 4.96 Å². The number of carbonyl (C=O) groups excluding carboxylic acids is 1. The van der Waals surface area contributed by atoms with Gasteiger partial charge >= 0.3 is 0 Å². The number of nitrogens with zero attached hydrogens (tertiary/aromatic N) is 4. The first-order valence-corrected chi connectivity index (χ1v) is 7.36. The summed E-state index contributed by atoms with van der Waals surface area (Å²) < 4.78 is 15.2. The highest BCUT2D eigenvalue weighted by atomic mass is 32.2. The molecule has 2 heterocycles. The van der Waals surface area contributed by atoms with Crippen LogP contribution >= 0.6 is 23.1 Å². The lowest BCUT2D eigenvalue weighted by Gasteiger charge is -2.03. The van der Waals surface area contributed by atoms with E-state index in [0.29, 0.717) is 10.6 Å². The van der Waals surface area contributed by atoms with E-state index in [0.717, 1.165) is 4.34 Å². The molecule has 3 rings (SSSR count). The molecule has 1 aromatic carbocycles. The van der Waals surface area contributed by atoms with Crippen molar-refractivity contribution >= 4 is 39.7 Å². The summed E-state index contributed by atoms with van der Waals surface area (Å²) in [5.74, 6) is -0.406. The van der Waals surface area contributed by atoms with Crippen molar-refractivity contribution in [3.05, 3.63) is 36.4 Å². The van der Waals surface area contributed by atoms with Crippen LogP contribution in [-0.4, -0.2) is 31.5 Å². The van der Waals surface area contributed by atoms with Crippen LogP contribution in [0.15, 0.2) is 34.9 Å². The number of aromatic nitrogens is 4. The second-order valence-corrected chi connectivity index (χ2v) is 5.95. The fourth-order valence-electron chi connectivity index (χ4n) is 1.49. The third-order valence-corrected chi connectivity index (χ3v) is 4.35. The van der Waals surface area contributed by atoms with Gasteiger partial charge in [0.05, 0.1) is 5.75 Å². The number of benzene rings is 1. The number of nitrogens with one attached hydrogen (secondary N) is 1. The summed E-state index contributed by atoms with van der Waals surface area (Å²) in [4.78, 5) is 12.4. The Morgan fingerprint density at radius 2 is 2.40 bits per heavy atom. The second-order valence-electron chi connectivity index (χ2n) is 3.77. The lowest BCUT2D eigenvalue weighted by atomic mass is 10.3. The second kappa shape index (κ2) is 5.55. The third-order valence-electron chi connectivity index (χ3n) is 2.30. The first kappa shape index (κ1) is 13.0. The molecule has 1 amide bonds. The van der Waals surface area contributed by atoms with Crippen LogP contribution in [0, 0.1) is 5.82 Å². The molecule has 0 atom stereocenters. The fourth-order valence-corrected chi connectivity index (χ4v) is 3.15. The molecular weight excluding hydrogens is 301 g/mol. The maximum atomic E-state index is 13.0. The molecule has 0 spiro atoms. The molecule has 0 saturated carbocycles. The van der Waals surface area contributed by atoms with Crippen LogP contribution in [0.4, 0.5) is 10.1 Å². The number of anilines is 1. The van der Waals surface area contributed by atoms with Crippen molar-refractivity contribution in [3.8, 4) is 0 Å². The molecule has 3 aromatic rings. The summed E-state index contributed by atoms with van der Waals surface area (Å²) in [5, 5.41) is 14.4. The predicted molar refractivity (Wildman–Crippen MR) is 74.4 cm³/mol. The van der Waals surface area contributed by atoms with Gasteiger partial charge in [-0.15, -0.1) is 15.3 Å². The number of fused-ring (bicyclic) bond motifs is 1. The monoisotopic (exact) mass is 309 g/mol. The first-order chi connectivity index (χ1) is 9.70. The molecule has 9 heteroatoms. The van der Waals surface area contributed by atoms with E-state index in [2.05, 4.69) is 20.6 Å². The lowest BCUT2D eigenvalue weighted by Crippen LogP contribution is -2.14. The van der Waals surface area contributed by atoms with Crippen molar-refractivity contribution in [2.24, 2.45) is 0 Å². The minimum atomic E-state index is -0.385. The number of thioether (sulfide) groups is 1. The molecule has 0 unspecified atom stereocenters. The van der Waals surface area contributed by atoms with Crippen LogP contribution in [0.1, 0.15) is 0 Å². The molecule has 1 N–H and O–H groups in total. The zero-order valence-corrected chi connectivity index (χ0v) is 11.6. The van der Waals surface area contributed by atoms with Gasteiger partial charge in [0, 0.05) is 5.69 Å². The van der Waals surface area contributed by atoms with Gasteiger partial charge in [-0.05, 0) is 18.2 Å². The van der Waals surface area contributed by atoms with Crippen molar-refractivity contribution in [2.45, 2.75) is 4.34 Å². The number of carbonyl (C=O) groups is 1. The van der Waals surface area contributed by atoms with Crippen LogP contribution < -0.4 is 5.32 Å². The molecule has 0 aliphatic carbocycles. The molecule has 102 valence electrons. The maximum absolute atomic E-state index is 13.0. The molecule has 20 heavy (non-hydrogen) atoms.